The van der Waals surface area contributed by atoms with Gasteiger partial charge in [-0.05, 0) is 37.1 Å². The van der Waals surface area contributed by atoms with E-state index in [4.69, 9.17) is 9.47 Å². The molecule has 6 heteroatoms. The van der Waals surface area contributed by atoms with Crippen LogP contribution in [0.1, 0.15) is 32.1 Å². The molecule has 0 saturated carbocycles. The summed E-state index contributed by atoms with van der Waals surface area (Å²) in [6, 6.07) is 7.24. The first-order valence-electron chi connectivity index (χ1n) is 8.50. The molecule has 0 aromatic heterocycles. The Balaban J connectivity index is 1.62. The van der Waals surface area contributed by atoms with Gasteiger partial charge in [0.2, 0.25) is 11.8 Å². The number of hydrogen-bond acceptors (Lipinski definition) is 4. The maximum absolute atomic E-state index is 12.1. The van der Waals surface area contributed by atoms with Gasteiger partial charge in [-0.25, -0.2) is 0 Å². The minimum atomic E-state index is -0.248. The van der Waals surface area contributed by atoms with E-state index >= 15 is 0 Å². The fourth-order valence-electron chi connectivity index (χ4n) is 2.66. The van der Waals surface area contributed by atoms with E-state index in [2.05, 4.69) is 5.32 Å². The van der Waals surface area contributed by atoms with Gasteiger partial charge in [-0.2, -0.15) is 0 Å². The lowest BCUT2D eigenvalue weighted by Gasteiger charge is -2.19. The summed E-state index contributed by atoms with van der Waals surface area (Å²) in [6.45, 7) is 2.27. The highest BCUT2D eigenvalue weighted by Crippen LogP contribution is 2.16. The summed E-state index contributed by atoms with van der Waals surface area (Å²) in [5.74, 6) is 1.15. The van der Waals surface area contributed by atoms with Crippen LogP contribution >= 0.6 is 0 Å². The first kappa shape index (κ1) is 18.1. The molecular weight excluding hydrogens is 308 g/mol. The summed E-state index contributed by atoms with van der Waals surface area (Å²) in [7, 11) is 1.61. The Hall–Kier alpha value is -2.24. The number of hydrogen-bond donors (Lipinski definition) is 1. The first-order valence-corrected chi connectivity index (χ1v) is 8.50. The average Bonchev–Trinajstić information content (AvgIpc) is 2.88. The molecule has 0 radical (unpaired) electrons. The molecule has 6 nitrogen and oxygen atoms in total. The predicted molar refractivity (Wildman–Crippen MR) is 91.2 cm³/mol. The van der Waals surface area contributed by atoms with Gasteiger partial charge in [-0.15, -0.1) is 0 Å². The number of benzene rings is 1. The SMILES string of the molecule is COc1ccc(OCCNC(=O)CC(=O)N2CCCCCC2)cc1. The summed E-state index contributed by atoms with van der Waals surface area (Å²) in [5, 5.41) is 2.72. The normalized spacial score (nSPS) is 14.6. The Labute approximate surface area is 143 Å². The molecule has 1 fully saturated rings. The average molecular weight is 334 g/mol. The van der Waals surface area contributed by atoms with E-state index < -0.39 is 0 Å². The van der Waals surface area contributed by atoms with Crippen LogP contribution in [0.3, 0.4) is 0 Å². The quantitative estimate of drug-likeness (QED) is 0.612. The van der Waals surface area contributed by atoms with E-state index in [1.165, 1.54) is 12.8 Å². The molecule has 0 aliphatic carbocycles. The van der Waals surface area contributed by atoms with Crippen LogP contribution < -0.4 is 14.8 Å². The van der Waals surface area contributed by atoms with Gasteiger partial charge < -0.3 is 19.7 Å². The van der Waals surface area contributed by atoms with Crippen molar-refractivity contribution in [2.24, 2.45) is 0 Å². The van der Waals surface area contributed by atoms with E-state index in [9.17, 15) is 9.59 Å². The zero-order chi connectivity index (χ0) is 17.2. The van der Waals surface area contributed by atoms with Crippen molar-refractivity contribution in [2.75, 3.05) is 33.4 Å². The van der Waals surface area contributed by atoms with Crippen molar-refractivity contribution in [3.63, 3.8) is 0 Å². The largest absolute Gasteiger partial charge is 0.497 e. The number of amides is 2. The zero-order valence-corrected chi connectivity index (χ0v) is 14.3. The maximum Gasteiger partial charge on any atom is 0.232 e. The zero-order valence-electron chi connectivity index (χ0n) is 14.3. The van der Waals surface area contributed by atoms with E-state index in [-0.39, 0.29) is 18.2 Å². The van der Waals surface area contributed by atoms with Crippen molar-refractivity contribution < 1.29 is 19.1 Å². The second-order valence-electron chi connectivity index (χ2n) is 5.85. The molecular formula is C18H26N2O4. The van der Waals surface area contributed by atoms with Crippen molar-refractivity contribution in [2.45, 2.75) is 32.1 Å². The second-order valence-corrected chi connectivity index (χ2v) is 5.85. The molecule has 2 rings (SSSR count). The summed E-state index contributed by atoms with van der Waals surface area (Å²) in [4.78, 5) is 25.8. The van der Waals surface area contributed by atoms with Crippen LogP contribution in [0.5, 0.6) is 11.5 Å². The molecule has 1 aliphatic heterocycles. The third kappa shape index (κ3) is 6.10. The molecule has 1 aromatic rings. The molecule has 0 bridgehead atoms. The highest BCUT2D eigenvalue weighted by Gasteiger charge is 2.18. The van der Waals surface area contributed by atoms with Crippen LogP contribution in [0.2, 0.25) is 0 Å². The molecule has 0 unspecified atom stereocenters. The van der Waals surface area contributed by atoms with Crippen LogP contribution in [0.15, 0.2) is 24.3 Å². The lowest BCUT2D eigenvalue weighted by molar-refractivity contribution is -0.136. The molecule has 1 heterocycles. The Morgan fingerprint density at radius 1 is 1.04 bits per heavy atom. The fourth-order valence-corrected chi connectivity index (χ4v) is 2.66. The van der Waals surface area contributed by atoms with Crippen molar-refractivity contribution in [3.8, 4) is 11.5 Å². The third-order valence-electron chi connectivity index (χ3n) is 4.02. The van der Waals surface area contributed by atoms with E-state index in [1.54, 1.807) is 12.0 Å². The van der Waals surface area contributed by atoms with Gasteiger partial charge in [0.15, 0.2) is 0 Å². The van der Waals surface area contributed by atoms with Crippen LogP contribution in [-0.2, 0) is 9.59 Å². The Morgan fingerprint density at radius 3 is 2.29 bits per heavy atom. The molecule has 2 amide bonds. The topological polar surface area (TPSA) is 67.9 Å². The van der Waals surface area contributed by atoms with Crippen LogP contribution in [-0.4, -0.2) is 50.1 Å². The van der Waals surface area contributed by atoms with Crippen molar-refractivity contribution in [1.82, 2.24) is 10.2 Å². The summed E-state index contributed by atoms with van der Waals surface area (Å²) in [6.07, 6.45) is 4.31. The fraction of sp³-hybridized carbons (Fsp3) is 0.556. The number of carbonyl (C=O) groups excluding carboxylic acids is 2. The van der Waals surface area contributed by atoms with E-state index in [0.717, 1.165) is 31.7 Å². The minimum Gasteiger partial charge on any atom is -0.497 e. The summed E-state index contributed by atoms with van der Waals surface area (Å²) < 4.78 is 10.6. The van der Waals surface area contributed by atoms with Crippen LogP contribution in [0.4, 0.5) is 0 Å². The predicted octanol–water partition coefficient (Wildman–Crippen LogP) is 1.98. The number of likely N-dealkylation sites (tertiary alicyclic amines) is 1. The Morgan fingerprint density at radius 2 is 1.67 bits per heavy atom. The van der Waals surface area contributed by atoms with Gasteiger partial charge in [0.25, 0.3) is 0 Å². The number of nitrogens with one attached hydrogen (secondary N) is 1. The van der Waals surface area contributed by atoms with Crippen molar-refractivity contribution in [3.05, 3.63) is 24.3 Å². The van der Waals surface area contributed by atoms with Crippen LogP contribution in [0.25, 0.3) is 0 Å². The van der Waals surface area contributed by atoms with Crippen LogP contribution in [0, 0.1) is 0 Å². The second kappa shape index (κ2) is 9.80. The van der Waals surface area contributed by atoms with Gasteiger partial charge in [0.1, 0.15) is 24.5 Å². The first-order chi connectivity index (χ1) is 11.7. The molecule has 1 saturated heterocycles. The number of nitrogens with zero attached hydrogens (tertiary/aromatic N) is 1. The maximum atomic E-state index is 12.1. The van der Waals surface area contributed by atoms with Gasteiger partial charge >= 0.3 is 0 Å². The molecule has 24 heavy (non-hydrogen) atoms. The lowest BCUT2D eigenvalue weighted by Crippen LogP contribution is -2.37. The summed E-state index contributed by atoms with van der Waals surface area (Å²) in [5.41, 5.74) is 0. The molecule has 1 aliphatic rings. The van der Waals surface area contributed by atoms with Gasteiger partial charge in [-0.3, -0.25) is 9.59 Å². The monoisotopic (exact) mass is 334 g/mol. The number of carbonyl (C=O) groups is 2. The highest BCUT2D eigenvalue weighted by atomic mass is 16.5. The molecule has 132 valence electrons. The number of methoxy groups -OCH3 is 1. The smallest absolute Gasteiger partial charge is 0.232 e. The highest BCUT2D eigenvalue weighted by molar-refractivity contribution is 5.96. The van der Waals surface area contributed by atoms with E-state index in [0.29, 0.717) is 18.9 Å². The van der Waals surface area contributed by atoms with Crippen molar-refractivity contribution >= 4 is 11.8 Å². The van der Waals surface area contributed by atoms with Gasteiger partial charge in [-0.1, -0.05) is 12.8 Å². The molecule has 1 aromatic carbocycles. The molecule has 0 atom stereocenters. The van der Waals surface area contributed by atoms with Crippen molar-refractivity contribution in [1.29, 1.82) is 0 Å². The third-order valence-corrected chi connectivity index (χ3v) is 4.02. The number of ether oxygens (including phenoxy) is 2. The van der Waals surface area contributed by atoms with E-state index in [1.807, 2.05) is 24.3 Å². The Bertz CT molecular complexity index is 522. The molecule has 0 spiro atoms. The minimum absolute atomic E-state index is 0.0783. The van der Waals surface area contributed by atoms with Gasteiger partial charge in [0.05, 0.1) is 13.7 Å². The number of rotatable bonds is 7. The standard InChI is InChI=1S/C18H26N2O4/c1-23-15-6-8-16(9-7-15)24-13-10-19-17(21)14-18(22)20-11-4-2-3-5-12-20/h6-9H,2-5,10-14H2,1H3,(H,19,21). The Kier molecular flexibility index (Phi) is 7.39. The summed E-state index contributed by atoms with van der Waals surface area (Å²) >= 11 is 0. The van der Waals surface area contributed by atoms with Gasteiger partial charge in [0, 0.05) is 13.1 Å². The lowest BCUT2D eigenvalue weighted by atomic mass is 10.2. The molecule has 1 N–H and O–H groups in total.